The van der Waals surface area contributed by atoms with Crippen molar-refractivity contribution >= 4 is 17.5 Å². The number of benzene rings is 1. The van der Waals surface area contributed by atoms with Crippen molar-refractivity contribution in [2.75, 3.05) is 38.5 Å². The van der Waals surface area contributed by atoms with Gasteiger partial charge in [-0.2, -0.15) is 13.2 Å². The molecule has 1 fully saturated rings. The third-order valence-electron chi connectivity index (χ3n) is 4.52. The topological polar surface area (TPSA) is 65.5 Å². The van der Waals surface area contributed by atoms with Crippen molar-refractivity contribution in [1.82, 2.24) is 14.8 Å². The van der Waals surface area contributed by atoms with Gasteiger partial charge in [0.2, 0.25) is 0 Å². The zero-order valence-corrected chi connectivity index (χ0v) is 15.2. The summed E-state index contributed by atoms with van der Waals surface area (Å²) in [5.74, 6) is -1.02. The Labute approximate surface area is 160 Å². The van der Waals surface area contributed by atoms with Gasteiger partial charge in [0.05, 0.1) is 22.4 Å². The highest BCUT2D eigenvalue weighted by molar-refractivity contribution is 6.06. The molecule has 9 heteroatoms. The van der Waals surface area contributed by atoms with Crippen molar-refractivity contribution < 1.29 is 22.8 Å². The van der Waals surface area contributed by atoms with Crippen LogP contribution >= 0.6 is 0 Å². The molecule has 0 bridgehead atoms. The number of carbonyl (C=O) groups is 2. The molecule has 1 aromatic heterocycles. The molecule has 1 saturated heterocycles. The first-order valence-corrected chi connectivity index (χ1v) is 8.66. The summed E-state index contributed by atoms with van der Waals surface area (Å²) in [6.45, 7) is 2.61. The highest BCUT2D eigenvalue weighted by Gasteiger charge is 2.33. The quantitative estimate of drug-likeness (QED) is 0.873. The molecule has 0 saturated carbocycles. The fraction of sp³-hybridized carbons (Fsp3) is 0.316. The monoisotopic (exact) mass is 392 g/mol. The van der Waals surface area contributed by atoms with E-state index in [1.807, 2.05) is 7.05 Å². The average molecular weight is 392 g/mol. The molecule has 148 valence electrons. The first-order chi connectivity index (χ1) is 13.3. The summed E-state index contributed by atoms with van der Waals surface area (Å²) in [6, 6.07) is 6.06. The number of likely N-dealkylation sites (N-methyl/N-ethyl adjacent to an activating group) is 1. The second-order valence-corrected chi connectivity index (χ2v) is 6.56. The van der Waals surface area contributed by atoms with Gasteiger partial charge in [0.15, 0.2) is 0 Å². The molecule has 1 aliphatic rings. The molecule has 0 radical (unpaired) electrons. The summed E-state index contributed by atoms with van der Waals surface area (Å²) < 4.78 is 39.3. The highest BCUT2D eigenvalue weighted by Crippen LogP contribution is 2.34. The summed E-state index contributed by atoms with van der Waals surface area (Å²) in [6.07, 6.45) is -2.03. The molecule has 1 aromatic carbocycles. The molecule has 2 heterocycles. The lowest BCUT2D eigenvalue weighted by Crippen LogP contribution is -2.47. The number of nitrogens with zero attached hydrogens (tertiary/aromatic N) is 3. The van der Waals surface area contributed by atoms with Crippen molar-refractivity contribution in [3.8, 4) is 0 Å². The van der Waals surface area contributed by atoms with E-state index in [0.717, 1.165) is 19.2 Å². The summed E-state index contributed by atoms with van der Waals surface area (Å²) in [4.78, 5) is 32.7. The minimum atomic E-state index is -4.60. The van der Waals surface area contributed by atoms with Crippen LogP contribution in [0.2, 0.25) is 0 Å². The van der Waals surface area contributed by atoms with Gasteiger partial charge in [-0.3, -0.25) is 14.6 Å². The van der Waals surface area contributed by atoms with E-state index in [2.05, 4.69) is 15.2 Å². The second kappa shape index (κ2) is 7.97. The second-order valence-electron chi connectivity index (χ2n) is 6.56. The predicted molar refractivity (Wildman–Crippen MR) is 97.0 cm³/mol. The number of piperazine rings is 1. The Hall–Kier alpha value is -2.94. The van der Waals surface area contributed by atoms with E-state index in [4.69, 9.17) is 0 Å². The molecule has 0 spiro atoms. The molecule has 0 atom stereocenters. The number of alkyl halides is 3. The number of rotatable bonds is 3. The number of nitrogens with one attached hydrogen (secondary N) is 1. The van der Waals surface area contributed by atoms with Crippen LogP contribution in [0, 0.1) is 0 Å². The van der Waals surface area contributed by atoms with Gasteiger partial charge >= 0.3 is 6.18 Å². The van der Waals surface area contributed by atoms with Crippen LogP contribution in [0.4, 0.5) is 18.9 Å². The molecule has 2 aromatic rings. The van der Waals surface area contributed by atoms with Gasteiger partial charge in [-0.1, -0.05) is 12.1 Å². The predicted octanol–water partition coefficient (Wildman–Crippen LogP) is 2.74. The Morgan fingerprint density at radius 2 is 1.68 bits per heavy atom. The Kier molecular flexibility index (Phi) is 5.64. The third-order valence-corrected chi connectivity index (χ3v) is 4.52. The fourth-order valence-corrected chi connectivity index (χ4v) is 2.91. The standard InChI is InChI=1S/C19H19F3N4O2/c1-25-6-8-26(9-7-25)18(28)14-10-13(11-23-12-14)17(27)24-16-5-3-2-4-15(16)19(20,21)22/h2-5,10-12H,6-9H2,1H3,(H,24,27). The number of para-hydroxylation sites is 1. The summed E-state index contributed by atoms with van der Waals surface area (Å²) in [5.41, 5.74) is -1.06. The molecule has 28 heavy (non-hydrogen) atoms. The fourth-order valence-electron chi connectivity index (χ4n) is 2.91. The van der Waals surface area contributed by atoms with Gasteiger partial charge < -0.3 is 15.1 Å². The molecule has 3 rings (SSSR count). The van der Waals surface area contributed by atoms with E-state index in [-0.39, 0.29) is 22.7 Å². The SMILES string of the molecule is CN1CCN(C(=O)c2cncc(C(=O)Nc3ccccc3C(F)(F)F)c2)CC1. The number of halogens is 3. The molecule has 1 aliphatic heterocycles. The van der Waals surface area contributed by atoms with E-state index in [9.17, 15) is 22.8 Å². The van der Waals surface area contributed by atoms with Crippen LogP contribution in [-0.4, -0.2) is 59.8 Å². The molecule has 0 aliphatic carbocycles. The van der Waals surface area contributed by atoms with Crippen molar-refractivity contribution in [1.29, 1.82) is 0 Å². The summed E-state index contributed by atoms with van der Waals surface area (Å²) >= 11 is 0. The van der Waals surface area contributed by atoms with Crippen LogP contribution in [0.15, 0.2) is 42.7 Å². The van der Waals surface area contributed by atoms with Crippen molar-refractivity contribution in [2.45, 2.75) is 6.18 Å². The number of hydrogen-bond acceptors (Lipinski definition) is 4. The average Bonchev–Trinajstić information content (AvgIpc) is 2.68. The van der Waals surface area contributed by atoms with E-state index >= 15 is 0 Å². The van der Waals surface area contributed by atoms with Crippen LogP contribution in [0.5, 0.6) is 0 Å². The molecule has 2 amide bonds. The highest BCUT2D eigenvalue weighted by atomic mass is 19.4. The Morgan fingerprint density at radius 3 is 2.36 bits per heavy atom. The van der Waals surface area contributed by atoms with E-state index in [1.165, 1.54) is 36.7 Å². The number of amides is 2. The molecule has 1 N–H and O–H groups in total. The smallest absolute Gasteiger partial charge is 0.336 e. The lowest BCUT2D eigenvalue weighted by Gasteiger charge is -2.32. The Morgan fingerprint density at radius 1 is 1.04 bits per heavy atom. The normalized spacial score (nSPS) is 15.4. The number of hydrogen-bond donors (Lipinski definition) is 1. The van der Waals surface area contributed by atoms with Crippen LogP contribution in [0.3, 0.4) is 0 Å². The van der Waals surface area contributed by atoms with E-state index < -0.39 is 17.6 Å². The van der Waals surface area contributed by atoms with Crippen LogP contribution < -0.4 is 5.32 Å². The van der Waals surface area contributed by atoms with E-state index in [0.29, 0.717) is 13.1 Å². The molecular formula is C19H19F3N4O2. The van der Waals surface area contributed by atoms with E-state index in [1.54, 1.807) is 4.90 Å². The van der Waals surface area contributed by atoms with Gasteiger partial charge in [-0.05, 0) is 25.2 Å². The number of aromatic nitrogens is 1. The zero-order valence-electron chi connectivity index (χ0n) is 15.2. The van der Waals surface area contributed by atoms with Crippen LogP contribution in [0.25, 0.3) is 0 Å². The summed E-state index contributed by atoms with van der Waals surface area (Å²) in [5, 5.41) is 2.25. The Balaban J connectivity index is 1.77. The number of carbonyl (C=O) groups excluding carboxylic acids is 2. The zero-order chi connectivity index (χ0) is 20.3. The van der Waals surface area contributed by atoms with Crippen LogP contribution in [0.1, 0.15) is 26.3 Å². The third kappa shape index (κ3) is 4.48. The first-order valence-electron chi connectivity index (χ1n) is 8.66. The van der Waals surface area contributed by atoms with Crippen LogP contribution in [-0.2, 0) is 6.18 Å². The Bertz CT molecular complexity index is 877. The van der Waals surface area contributed by atoms with Gasteiger partial charge in [0, 0.05) is 38.6 Å². The molecule has 0 unspecified atom stereocenters. The van der Waals surface area contributed by atoms with Gasteiger partial charge in [-0.25, -0.2) is 0 Å². The van der Waals surface area contributed by atoms with Gasteiger partial charge in [0.25, 0.3) is 11.8 Å². The lowest BCUT2D eigenvalue weighted by molar-refractivity contribution is -0.136. The van der Waals surface area contributed by atoms with Crippen molar-refractivity contribution in [3.05, 3.63) is 59.4 Å². The van der Waals surface area contributed by atoms with Crippen molar-refractivity contribution in [2.24, 2.45) is 0 Å². The van der Waals surface area contributed by atoms with Crippen molar-refractivity contribution in [3.63, 3.8) is 0 Å². The minimum Gasteiger partial charge on any atom is -0.336 e. The molecular weight excluding hydrogens is 373 g/mol. The number of anilines is 1. The lowest BCUT2D eigenvalue weighted by atomic mass is 10.1. The minimum absolute atomic E-state index is 0.0111. The summed E-state index contributed by atoms with van der Waals surface area (Å²) in [7, 11) is 1.97. The molecule has 6 nitrogen and oxygen atoms in total. The first kappa shape index (κ1) is 19.8. The maximum atomic E-state index is 13.1. The maximum Gasteiger partial charge on any atom is 0.418 e. The number of pyridine rings is 1. The van der Waals surface area contributed by atoms with Gasteiger partial charge in [0.1, 0.15) is 0 Å². The van der Waals surface area contributed by atoms with Gasteiger partial charge in [-0.15, -0.1) is 0 Å². The maximum absolute atomic E-state index is 13.1. The largest absolute Gasteiger partial charge is 0.418 e.